The molecule has 1 unspecified atom stereocenters. The van der Waals surface area contributed by atoms with Gasteiger partial charge in [0.2, 0.25) is 10.0 Å². The van der Waals surface area contributed by atoms with Crippen LogP contribution in [0, 0.1) is 5.82 Å². The van der Waals surface area contributed by atoms with E-state index in [2.05, 4.69) is 5.32 Å². The number of fused-ring (bicyclic) bond motifs is 1. The molecule has 3 rings (SSSR count). The number of halogens is 1. The lowest BCUT2D eigenvalue weighted by atomic mass is 10.0. The Morgan fingerprint density at radius 1 is 1.29 bits per heavy atom. The van der Waals surface area contributed by atoms with E-state index in [0.29, 0.717) is 10.9 Å². The standard InChI is InChI=1S/C21H23FN2O6S/c1-12(25)11-24(31(4,27)28)16-10-17-15(9-18(16)29-3)19(21(26)23-2)20(30-17)13-5-7-14(22)8-6-13/h5-10,12,25H,11H2,1-4H3,(H,23,26). The Labute approximate surface area is 179 Å². The molecule has 8 nitrogen and oxygen atoms in total. The number of nitrogens with zero attached hydrogens (tertiary/aromatic N) is 1. The van der Waals surface area contributed by atoms with Gasteiger partial charge in [0.25, 0.3) is 5.91 Å². The number of rotatable bonds is 7. The van der Waals surface area contributed by atoms with E-state index < -0.39 is 27.9 Å². The van der Waals surface area contributed by atoms with Crippen molar-refractivity contribution in [3.05, 3.63) is 47.8 Å². The van der Waals surface area contributed by atoms with Crippen LogP contribution in [0.5, 0.6) is 5.75 Å². The first-order valence-electron chi connectivity index (χ1n) is 9.35. The number of methoxy groups -OCH3 is 1. The Bertz CT molecular complexity index is 1220. The summed E-state index contributed by atoms with van der Waals surface area (Å²) < 4.78 is 50.5. The summed E-state index contributed by atoms with van der Waals surface area (Å²) in [7, 11) is -0.928. The minimum absolute atomic E-state index is 0.154. The molecule has 1 aromatic heterocycles. The van der Waals surface area contributed by atoms with Gasteiger partial charge in [0.1, 0.15) is 22.9 Å². The summed E-state index contributed by atoms with van der Waals surface area (Å²) in [4.78, 5) is 12.6. The van der Waals surface area contributed by atoms with E-state index in [4.69, 9.17) is 9.15 Å². The molecule has 31 heavy (non-hydrogen) atoms. The number of anilines is 1. The third-order valence-corrected chi connectivity index (χ3v) is 5.80. The van der Waals surface area contributed by atoms with Crippen molar-refractivity contribution in [2.24, 2.45) is 0 Å². The monoisotopic (exact) mass is 450 g/mol. The third kappa shape index (κ3) is 4.49. The number of ether oxygens (including phenoxy) is 1. The van der Waals surface area contributed by atoms with Crippen molar-refractivity contribution in [1.29, 1.82) is 0 Å². The zero-order valence-corrected chi connectivity index (χ0v) is 18.3. The van der Waals surface area contributed by atoms with Gasteiger partial charge < -0.3 is 19.6 Å². The normalized spacial score (nSPS) is 12.6. The summed E-state index contributed by atoms with van der Waals surface area (Å²) >= 11 is 0. The largest absolute Gasteiger partial charge is 0.495 e. The summed E-state index contributed by atoms with van der Waals surface area (Å²) in [5.41, 5.74) is 1.06. The van der Waals surface area contributed by atoms with Crippen molar-refractivity contribution < 1.29 is 31.9 Å². The summed E-state index contributed by atoms with van der Waals surface area (Å²) in [6.07, 6.45) is 0.0732. The second-order valence-corrected chi connectivity index (χ2v) is 8.96. The summed E-state index contributed by atoms with van der Waals surface area (Å²) in [6, 6.07) is 8.40. The van der Waals surface area contributed by atoms with Crippen molar-refractivity contribution in [1.82, 2.24) is 5.32 Å². The lowest BCUT2D eigenvalue weighted by molar-refractivity contribution is 0.0964. The van der Waals surface area contributed by atoms with E-state index in [1.807, 2.05) is 0 Å². The van der Waals surface area contributed by atoms with E-state index in [1.165, 1.54) is 57.5 Å². The number of nitrogens with one attached hydrogen (secondary N) is 1. The van der Waals surface area contributed by atoms with Gasteiger partial charge >= 0.3 is 0 Å². The number of carbonyl (C=O) groups is 1. The Balaban J connectivity index is 2.32. The lowest BCUT2D eigenvalue weighted by Gasteiger charge is -2.25. The van der Waals surface area contributed by atoms with E-state index in [0.717, 1.165) is 10.6 Å². The fourth-order valence-electron chi connectivity index (χ4n) is 3.28. The highest BCUT2D eigenvalue weighted by Crippen LogP contribution is 2.41. The molecule has 0 bridgehead atoms. The zero-order valence-electron chi connectivity index (χ0n) is 17.5. The molecular formula is C21H23FN2O6S. The van der Waals surface area contributed by atoms with Crippen LogP contribution >= 0.6 is 0 Å². The summed E-state index contributed by atoms with van der Waals surface area (Å²) in [5.74, 6) is -0.491. The molecule has 0 aliphatic heterocycles. The first-order valence-corrected chi connectivity index (χ1v) is 11.2. The first kappa shape index (κ1) is 22.6. The van der Waals surface area contributed by atoms with Crippen LogP contribution < -0.4 is 14.4 Å². The van der Waals surface area contributed by atoms with Crippen molar-refractivity contribution in [3.8, 4) is 17.1 Å². The average molecular weight is 450 g/mol. The van der Waals surface area contributed by atoms with E-state index in [9.17, 15) is 22.7 Å². The Hall–Kier alpha value is -3.11. The van der Waals surface area contributed by atoms with Crippen molar-refractivity contribution in [3.63, 3.8) is 0 Å². The number of aliphatic hydroxyl groups is 1. The average Bonchev–Trinajstić information content (AvgIpc) is 3.08. The van der Waals surface area contributed by atoms with Crippen LogP contribution in [-0.2, 0) is 10.0 Å². The molecule has 0 fully saturated rings. The van der Waals surface area contributed by atoms with Crippen LogP contribution in [0.15, 0.2) is 40.8 Å². The van der Waals surface area contributed by atoms with Gasteiger partial charge in [-0.1, -0.05) is 0 Å². The SMILES string of the molecule is CNC(=O)c1c(-c2ccc(F)cc2)oc2cc(N(CC(C)O)S(C)(=O)=O)c(OC)cc12. The van der Waals surface area contributed by atoms with Gasteiger partial charge in [-0.25, -0.2) is 12.8 Å². The number of hydrogen-bond donors (Lipinski definition) is 2. The molecule has 1 heterocycles. The molecule has 10 heteroatoms. The molecule has 166 valence electrons. The topological polar surface area (TPSA) is 109 Å². The first-order chi connectivity index (χ1) is 14.6. The van der Waals surface area contributed by atoms with E-state index in [-0.39, 0.29) is 34.9 Å². The van der Waals surface area contributed by atoms with E-state index >= 15 is 0 Å². The molecule has 1 atom stereocenters. The highest BCUT2D eigenvalue weighted by atomic mass is 32.2. The van der Waals surface area contributed by atoms with Gasteiger partial charge in [0, 0.05) is 24.1 Å². The minimum atomic E-state index is -3.76. The predicted octanol–water partition coefficient (Wildman–Crippen LogP) is 2.75. The third-order valence-electron chi connectivity index (χ3n) is 4.65. The Kier molecular flexibility index (Phi) is 6.23. The molecule has 0 saturated carbocycles. The Morgan fingerprint density at radius 2 is 1.94 bits per heavy atom. The summed E-state index contributed by atoms with van der Waals surface area (Å²) in [5, 5.41) is 12.7. The molecule has 2 N–H and O–H groups in total. The molecule has 0 aliphatic rings. The van der Waals surface area contributed by atoms with Crippen LogP contribution in [0.4, 0.5) is 10.1 Å². The van der Waals surface area contributed by atoms with Gasteiger partial charge in [-0.15, -0.1) is 0 Å². The van der Waals surface area contributed by atoms with Gasteiger partial charge in [0.05, 0.1) is 37.3 Å². The minimum Gasteiger partial charge on any atom is -0.495 e. The van der Waals surface area contributed by atoms with Crippen LogP contribution in [-0.4, -0.2) is 52.5 Å². The van der Waals surface area contributed by atoms with E-state index in [1.54, 1.807) is 0 Å². The lowest BCUT2D eigenvalue weighted by Crippen LogP contribution is -2.36. The number of carbonyl (C=O) groups excluding carboxylic acids is 1. The molecule has 3 aromatic rings. The number of benzene rings is 2. The number of aliphatic hydroxyl groups excluding tert-OH is 1. The number of hydrogen-bond acceptors (Lipinski definition) is 6. The fraction of sp³-hybridized carbons (Fsp3) is 0.286. The van der Waals surface area contributed by atoms with Gasteiger partial charge in [-0.05, 0) is 37.3 Å². The van der Waals surface area contributed by atoms with Gasteiger partial charge in [-0.2, -0.15) is 0 Å². The maximum atomic E-state index is 13.4. The number of amides is 1. The smallest absolute Gasteiger partial charge is 0.255 e. The van der Waals surface area contributed by atoms with Gasteiger partial charge in [0.15, 0.2) is 0 Å². The second-order valence-electron chi connectivity index (χ2n) is 7.06. The van der Waals surface area contributed by atoms with Crippen molar-refractivity contribution in [2.45, 2.75) is 13.0 Å². The van der Waals surface area contributed by atoms with Crippen molar-refractivity contribution >= 4 is 32.6 Å². The van der Waals surface area contributed by atoms with Crippen LogP contribution in [0.3, 0.4) is 0 Å². The molecular weight excluding hydrogens is 427 g/mol. The number of furan rings is 1. The fourth-order valence-corrected chi connectivity index (χ4v) is 4.26. The van der Waals surface area contributed by atoms with Crippen LogP contribution in [0.2, 0.25) is 0 Å². The van der Waals surface area contributed by atoms with Crippen LogP contribution in [0.25, 0.3) is 22.3 Å². The molecule has 0 spiro atoms. The molecule has 0 aliphatic carbocycles. The molecule has 0 radical (unpaired) electrons. The Morgan fingerprint density at radius 3 is 2.45 bits per heavy atom. The van der Waals surface area contributed by atoms with Crippen molar-refractivity contribution in [2.75, 3.05) is 31.3 Å². The highest BCUT2D eigenvalue weighted by Gasteiger charge is 2.27. The predicted molar refractivity (Wildman–Crippen MR) is 115 cm³/mol. The zero-order chi connectivity index (χ0) is 22.9. The molecule has 0 saturated heterocycles. The van der Waals surface area contributed by atoms with Crippen LogP contribution in [0.1, 0.15) is 17.3 Å². The second kappa shape index (κ2) is 8.56. The molecule has 2 aromatic carbocycles. The summed E-state index contributed by atoms with van der Waals surface area (Å²) in [6.45, 7) is 1.26. The van der Waals surface area contributed by atoms with Gasteiger partial charge in [-0.3, -0.25) is 9.10 Å². The maximum absolute atomic E-state index is 13.4. The highest BCUT2D eigenvalue weighted by molar-refractivity contribution is 7.92. The maximum Gasteiger partial charge on any atom is 0.255 e. The number of sulfonamides is 1. The molecule has 1 amide bonds. The quantitative estimate of drug-likeness (QED) is 0.573.